The molecule has 1 amide bonds. The van der Waals surface area contributed by atoms with Crippen molar-refractivity contribution < 1.29 is 13.2 Å². The van der Waals surface area contributed by atoms with Crippen LogP contribution in [0.15, 0.2) is 36.5 Å². The van der Waals surface area contributed by atoms with Crippen LogP contribution in [0.25, 0.3) is 22.0 Å². The van der Waals surface area contributed by atoms with Gasteiger partial charge in [0.05, 0.1) is 28.5 Å². The van der Waals surface area contributed by atoms with E-state index in [0.717, 1.165) is 34.2 Å². The fraction of sp³-hybridized carbons (Fsp3) is 0.429. The third kappa shape index (κ3) is 5.87. The first-order valence-corrected chi connectivity index (χ1v) is 14.4. The number of nitrogens with one attached hydrogen (secondary N) is 2. The summed E-state index contributed by atoms with van der Waals surface area (Å²) in [6.07, 6.45) is 3.33. The average molecular weight is 522 g/mol. The molecule has 1 aliphatic rings. The summed E-state index contributed by atoms with van der Waals surface area (Å²) in [4.78, 5) is 15.7. The molecule has 3 aromatic rings. The van der Waals surface area contributed by atoms with E-state index in [-0.39, 0.29) is 11.7 Å². The van der Waals surface area contributed by atoms with E-state index in [4.69, 9.17) is 5.73 Å². The Labute approximate surface area is 218 Å². The van der Waals surface area contributed by atoms with Crippen LogP contribution < -0.4 is 11.1 Å². The van der Waals surface area contributed by atoms with Crippen molar-refractivity contribution in [3.05, 3.63) is 58.8 Å². The van der Waals surface area contributed by atoms with E-state index in [1.54, 1.807) is 17.3 Å². The van der Waals surface area contributed by atoms with Crippen molar-refractivity contribution in [1.29, 1.82) is 5.26 Å². The summed E-state index contributed by atoms with van der Waals surface area (Å²) in [5.74, 6) is 0.251. The van der Waals surface area contributed by atoms with Crippen molar-refractivity contribution >= 4 is 26.8 Å². The average Bonchev–Trinajstić information content (AvgIpc) is 3.31. The van der Waals surface area contributed by atoms with E-state index < -0.39 is 15.9 Å². The molecule has 0 spiro atoms. The van der Waals surface area contributed by atoms with Crippen molar-refractivity contribution in [2.75, 3.05) is 25.4 Å². The minimum absolute atomic E-state index is 0.104. The Morgan fingerprint density at radius 2 is 1.89 bits per heavy atom. The number of carbonyl (C=O) groups is 1. The second kappa shape index (κ2) is 11.1. The lowest BCUT2D eigenvalue weighted by Gasteiger charge is -2.31. The number of benzene rings is 2. The van der Waals surface area contributed by atoms with Crippen LogP contribution in [-0.2, 0) is 16.6 Å². The summed E-state index contributed by atoms with van der Waals surface area (Å²) in [5.41, 5.74) is 11.1. The number of H-pyrrole nitrogens is 1. The highest BCUT2D eigenvalue weighted by atomic mass is 32.2. The Bertz CT molecular complexity index is 1440. The fourth-order valence-electron chi connectivity index (χ4n) is 5.11. The first-order valence-electron chi connectivity index (χ1n) is 12.8. The molecule has 8 nitrogen and oxygen atoms in total. The number of fused-ring (bicyclic) bond motifs is 1. The van der Waals surface area contributed by atoms with E-state index >= 15 is 0 Å². The number of nitrogens with zero attached hydrogens (tertiary/aromatic N) is 2. The number of sulfonamides is 1. The van der Waals surface area contributed by atoms with E-state index in [9.17, 15) is 18.5 Å². The number of carbonyl (C=O) groups excluding carboxylic acids is 1. The van der Waals surface area contributed by atoms with E-state index in [1.807, 2.05) is 30.5 Å². The summed E-state index contributed by atoms with van der Waals surface area (Å²) in [6.45, 7) is 8.42. The molecule has 196 valence electrons. The molecule has 0 saturated carbocycles. The standard InChI is InChI=1S/C28H35N5O3S/c1-4-37(35,36)33-7-5-21(6-8-33)26-17-32-27-24(26)12-23(13-25(27)28(30)34)22-10-19(14-29)9-20(11-22)16-31-15-18(2)3/h9-13,17-18,21,31-32H,4-8,15-16H2,1-3H3,(H2,30,34). The van der Waals surface area contributed by atoms with Crippen molar-refractivity contribution in [3.63, 3.8) is 0 Å². The lowest BCUT2D eigenvalue weighted by Crippen LogP contribution is -2.38. The largest absolute Gasteiger partial charge is 0.366 e. The maximum Gasteiger partial charge on any atom is 0.250 e. The monoisotopic (exact) mass is 521 g/mol. The molecule has 0 unspecified atom stereocenters. The minimum atomic E-state index is -3.21. The van der Waals surface area contributed by atoms with Crippen molar-refractivity contribution in [2.24, 2.45) is 11.7 Å². The Morgan fingerprint density at radius 3 is 2.51 bits per heavy atom. The molecule has 1 saturated heterocycles. The van der Waals surface area contributed by atoms with Gasteiger partial charge >= 0.3 is 0 Å². The smallest absolute Gasteiger partial charge is 0.250 e. The molecule has 1 aliphatic heterocycles. The maximum atomic E-state index is 12.4. The van der Waals surface area contributed by atoms with Gasteiger partial charge in [-0.25, -0.2) is 12.7 Å². The molecule has 37 heavy (non-hydrogen) atoms. The zero-order valence-electron chi connectivity index (χ0n) is 21.7. The zero-order chi connectivity index (χ0) is 26.7. The topological polar surface area (TPSA) is 132 Å². The van der Waals surface area contributed by atoms with Crippen LogP contribution in [0.3, 0.4) is 0 Å². The Balaban J connectivity index is 1.72. The van der Waals surface area contributed by atoms with Gasteiger partial charge in [0.1, 0.15) is 0 Å². The number of primary amides is 1. The number of nitrogens with two attached hydrogens (primary N) is 1. The highest BCUT2D eigenvalue weighted by molar-refractivity contribution is 7.89. The molecule has 0 aliphatic carbocycles. The zero-order valence-corrected chi connectivity index (χ0v) is 22.5. The fourth-order valence-corrected chi connectivity index (χ4v) is 6.24. The number of amides is 1. The van der Waals surface area contributed by atoms with E-state index in [2.05, 4.69) is 30.2 Å². The Morgan fingerprint density at radius 1 is 1.19 bits per heavy atom. The first-order chi connectivity index (χ1) is 17.6. The normalized spacial score (nSPS) is 15.3. The molecular weight excluding hydrogens is 486 g/mol. The van der Waals surface area contributed by atoms with Gasteiger partial charge < -0.3 is 16.0 Å². The van der Waals surface area contributed by atoms with Crippen LogP contribution in [0.4, 0.5) is 0 Å². The number of hydrogen-bond donors (Lipinski definition) is 3. The summed E-state index contributed by atoms with van der Waals surface area (Å²) in [6, 6.07) is 11.8. The van der Waals surface area contributed by atoms with Crippen LogP contribution in [0.1, 0.15) is 66.6 Å². The molecular formula is C28H35N5O3S. The number of aromatic nitrogens is 1. The number of hydrogen-bond acceptors (Lipinski definition) is 5. The van der Waals surface area contributed by atoms with Gasteiger partial charge in [0.2, 0.25) is 10.0 Å². The first kappa shape index (κ1) is 26.9. The number of aromatic amines is 1. The second-order valence-electron chi connectivity index (χ2n) is 10.2. The molecule has 9 heteroatoms. The van der Waals surface area contributed by atoms with E-state index in [1.165, 1.54) is 0 Å². The van der Waals surface area contributed by atoms with E-state index in [0.29, 0.717) is 55.0 Å². The quantitative estimate of drug-likeness (QED) is 0.390. The highest BCUT2D eigenvalue weighted by Gasteiger charge is 2.29. The van der Waals surface area contributed by atoms with Gasteiger partial charge in [-0.1, -0.05) is 13.8 Å². The lowest BCUT2D eigenvalue weighted by molar-refractivity contribution is 0.100. The van der Waals surface area contributed by atoms with Crippen LogP contribution in [-0.4, -0.2) is 49.0 Å². The van der Waals surface area contributed by atoms with Gasteiger partial charge in [-0.05, 0) is 90.7 Å². The van der Waals surface area contributed by atoms with Crippen molar-refractivity contribution in [3.8, 4) is 17.2 Å². The molecule has 4 rings (SSSR count). The summed E-state index contributed by atoms with van der Waals surface area (Å²) in [5, 5.41) is 14.0. The molecule has 2 heterocycles. The molecule has 1 aromatic heterocycles. The third-order valence-corrected chi connectivity index (χ3v) is 8.96. The Kier molecular flexibility index (Phi) is 8.02. The molecule has 4 N–H and O–H groups in total. The van der Waals surface area contributed by atoms with Crippen LogP contribution in [0.5, 0.6) is 0 Å². The number of nitriles is 1. The van der Waals surface area contributed by atoms with Crippen LogP contribution in [0.2, 0.25) is 0 Å². The van der Waals surface area contributed by atoms with Gasteiger partial charge in [0.25, 0.3) is 5.91 Å². The van der Waals surface area contributed by atoms with Gasteiger partial charge in [0.15, 0.2) is 0 Å². The van der Waals surface area contributed by atoms with Gasteiger partial charge in [-0.2, -0.15) is 5.26 Å². The summed E-state index contributed by atoms with van der Waals surface area (Å²) < 4.78 is 26.2. The summed E-state index contributed by atoms with van der Waals surface area (Å²) >= 11 is 0. The molecule has 2 aromatic carbocycles. The van der Waals surface area contributed by atoms with Gasteiger partial charge in [-0.3, -0.25) is 4.79 Å². The van der Waals surface area contributed by atoms with Gasteiger partial charge in [-0.15, -0.1) is 0 Å². The summed E-state index contributed by atoms with van der Waals surface area (Å²) in [7, 11) is -3.21. The SMILES string of the molecule is CCS(=O)(=O)N1CCC(c2c[nH]c3c(C(N)=O)cc(-c4cc(C#N)cc(CNCC(C)C)c4)cc23)CC1. The van der Waals surface area contributed by atoms with Crippen LogP contribution >= 0.6 is 0 Å². The predicted molar refractivity (Wildman–Crippen MR) is 147 cm³/mol. The molecule has 0 bridgehead atoms. The number of piperidine rings is 1. The third-order valence-electron chi connectivity index (χ3n) is 7.08. The number of rotatable bonds is 9. The van der Waals surface area contributed by atoms with Crippen LogP contribution in [0, 0.1) is 17.2 Å². The van der Waals surface area contributed by atoms with Crippen molar-refractivity contribution in [1.82, 2.24) is 14.6 Å². The maximum absolute atomic E-state index is 12.4. The predicted octanol–water partition coefficient (Wildman–Crippen LogP) is 4.08. The minimum Gasteiger partial charge on any atom is -0.366 e. The lowest BCUT2D eigenvalue weighted by atomic mass is 9.88. The second-order valence-corrected chi connectivity index (χ2v) is 12.4. The highest BCUT2D eigenvalue weighted by Crippen LogP contribution is 2.37. The Hall–Kier alpha value is -3.19. The molecule has 1 fully saturated rings. The van der Waals surface area contributed by atoms with Gasteiger partial charge in [0, 0.05) is 31.2 Å². The van der Waals surface area contributed by atoms with Crippen molar-refractivity contribution in [2.45, 2.75) is 46.1 Å². The molecule has 0 atom stereocenters. The molecule has 0 radical (unpaired) electrons.